The lowest BCUT2D eigenvalue weighted by Gasteiger charge is -2.21. The van der Waals surface area contributed by atoms with Gasteiger partial charge in [0.15, 0.2) is 6.04 Å². The van der Waals surface area contributed by atoms with E-state index in [0.717, 1.165) is 27.2 Å². The van der Waals surface area contributed by atoms with Crippen molar-refractivity contribution in [2.75, 3.05) is 20.7 Å². The van der Waals surface area contributed by atoms with E-state index in [2.05, 4.69) is 21.2 Å². The summed E-state index contributed by atoms with van der Waals surface area (Å²) in [7, 11) is 3.68. The first kappa shape index (κ1) is 16.0. The van der Waals surface area contributed by atoms with Crippen molar-refractivity contribution >= 4 is 21.8 Å². The summed E-state index contributed by atoms with van der Waals surface area (Å²) in [5.74, 6) is 0.930. The summed E-state index contributed by atoms with van der Waals surface area (Å²) in [6, 6.07) is 5.82. The smallest absolute Gasteiger partial charge is 0.278 e. The van der Waals surface area contributed by atoms with E-state index in [1.807, 2.05) is 39.1 Å². The molecule has 0 heterocycles. The van der Waals surface area contributed by atoms with Crippen LogP contribution in [-0.4, -0.2) is 32.7 Å². The Kier molecular flexibility index (Phi) is 6.31. The monoisotopic (exact) mass is 329 g/mol. The molecule has 0 radical (unpaired) electrons. The van der Waals surface area contributed by atoms with Crippen molar-refractivity contribution in [3.63, 3.8) is 0 Å². The van der Waals surface area contributed by atoms with E-state index < -0.39 is 0 Å². The lowest BCUT2D eigenvalue weighted by molar-refractivity contribution is -0.908. The molecule has 2 atom stereocenters. The number of ether oxygens (including phenoxy) is 1. The molecule has 0 bridgehead atoms. The van der Waals surface area contributed by atoms with Gasteiger partial charge in [-0.05, 0) is 32.0 Å². The fourth-order valence-electron chi connectivity index (χ4n) is 1.89. The van der Waals surface area contributed by atoms with E-state index in [0.29, 0.717) is 6.54 Å². The Morgan fingerprint density at radius 3 is 2.79 bits per heavy atom. The van der Waals surface area contributed by atoms with Crippen LogP contribution in [-0.2, 0) is 11.3 Å². The molecule has 4 nitrogen and oxygen atoms in total. The molecule has 0 aromatic heterocycles. The average Bonchev–Trinajstić information content (AvgIpc) is 2.38. The average molecular weight is 330 g/mol. The second-order valence-electron chi connectivity index (χ2n) is 4.60. The van der Waals surface area contributed by atoms with Gasteiger partial charge in [-0.1, -0.05) is 15.9 Å². The Bertz CT molecular complexity index is 437. The first-order valence-electron chi connectivity index (χ1n) is 6.42. The van der Waals surface area contributed by atoms with Crippen LogP contribution in [0.2, 0.25) is 0 Å². The number of methoxy groups -OCH3 is 1. The molecule has 106 valence electrons. The fourth-order valence-corrected chi connectivity index (χ4v) is 2.30. The highest BCUT2D eigenvalue weighted by Gasteiger charge is 2.22. The molecule has 1 unspecified atom stereocenters. The number of carbonyl (C=O) groups excluding carboxylic acids is 1. The van der Waals surface area contributed by atoms with Crippen LogP contribution in [0.3, 0.4) is 0 Å². The number of hydrogen-bond donors (Lipinski definition) is 2. The minimum Gasteiger partial charge on any atom is -0.496 e. The summed E-state index contributed by atoms with van der Waals surface area (Å²) in [4.78, 5) is 13.0. The maximum Gasteiger partial charge on any atom is 0.278 e. The summed E-state index contributed by atoms with van der Waals surface area (Å²) in [5, 5.41) is 2.85. The third-order valence-corrected chi connectivity index (χ3v) is 3.69. The topological polar surface area (TPSA) is 42.8 Å². The zero-order chi connectivity index (χ0) is 14.4. The molecule has 5 heteroatoms. The highest BCUT2D eigenvalue weighted by Crippen LogP contribution is 2.22. The first-order chi connectivity index (χ1) is 8.99. The van der Waals surface area contributed by atoms with Gasteiger partial charge >= 0.3 is 0 Å². The molecule has 19 heavy (non-hydrogen) atoms. The number of carbonyl (C=O) groups is 1. The maximum atomic E-state index is 11.8. The molecule has 0 spiro atoms. The number of nitrogens with one attached hydrogen (secondary N) is 2. The third-order valence-electron chi connectivity index (χ3n) is 3.20. The van der Waals surface area contributed by atoms with Gasteiger partial charge in [0.2, 0.25) is 0 Å². The largest absolute Gasteiger partial charge is 0.496 e. The third kappa shape index (κ3) is 4.51. The summed E-state index contributed by atoms with van der Waals surface area (Å²) >= 11 is 3.46. The van der Waals surface area contributed by atoms with Crippen LogP contribution in [0, 0.1) is 0 Å². The first-order valence-corrected chi connectivity index (χ1v) is 7.21. The molecule has 0 aliphatic heterocycles. The Morgan fingerprint density at radius 1 is 1.53 bits per heavy atom. The van der Waals surface area contributed by atoms with Crippen molar-refractivity contribution in [1.82, 2.24) is 5.32 Å². The van der Waals surface area contributed by atoms with E-state index >= 15 is 0 Å². The zero-order valence-corrected chi connectivity index (χ0v) is 13.5. The highest BCUT2D eigenvalue weighted by atomic mass is 79.9. The van der Waals surface area contributed by atoms with Crippen molar-refractivity contribution in [2.45, 2.75) is 26.4 Å². The Morgan fingerprint density at radius 2 is 2.21 bits per heavy atom. The van der Waals surface area contributed by atoms with Crippen LogP contribution in [0.1, 0.15) is 19.4 Å². The van der Waals surface area contributed by atoms with Crippen LogP contribution in [0.15, 0.2) is 22.7 Å². The van der Waals surface area contributed by atoms with E-state index in [1.54, 1.807) is 7.11 Å². The summed E-state index contributed by atoms with van der Waals surface area (Å²) in [6.45, 7) is 5.26. The van der Waals surface area contributed by atoms with Crippen LogP contribution < -0.4 is 15.0 Å². The number of amides is 1. The molecule has 0 fully saturated rings. The second kappa shape index (κ2) is 7.50. The zero-order valence-electron chi connectivity index (χ0n) is 11.9. The highest BCUT2D eigenvalue weighted by molar-refractivity contribution is 9.10. The number of quaternary nitrogens is 1. The maximum absolute atomic E-state index is 11.8. The second-order valence-corrected chi connectivity index (χ2v) is 5.51. The predicted molar refractivity (Wildman–Crippen MR) is 79.4 cm³/mol. The molecule has 0 saturated carbocycles. The van der Waals surface area contributed by atoms with E-state index in [9.17, 15) is 4.79 Å². The summed E-state index contributed by atoms with van der Waals surface area (Å²) in [6.07, 6.45) is 0. The number of rotatable bonds is 6. The number of benzene rings is 1. The predicted octanol–water partition coefficient (Wildman–Crippen LogP) is 0.997. The van der Waals surface area contributed by atoms with Gasteiger partial charge in [0.05, 0.1) is 14.2 Å². The van der Waals surface area contributed by atoms with E-state index in [1.165, 1.54) is 0 Å². The SMILES string of the molecule is CCNC(=O)[C@H](C)[NH+](C)Cc1cc(Br)ccc1OC. The van der Waals surface area contributed by atoms with Gasteiger partial charge in [0.1, 0.15) is 12.3 Å². The number of hydrogen-bond acceptors (Lipinski definition) is 2. The van der Waals surface area contributed by atoms with Crippen molar-refractivity contribution in [3.05, 3.63) is 28.2 Å². The Hall–Kier alpha value is -1.07. The van der Waals surface area contributed by atoms with Gasteiger partial charge in [0, 0.05) is 16.6 Å². The normalized spacial score (nSPS) is 13.7. The van der Waals surface area contributed by atoms with Gasteiger partial charge in [-0.25, -0.2) is 0 Å². The summed E-state index contributed by atoms with van der Waals surface area (Å²) in [5.41, 5.74) is 1.09. The molecule has 1 amide bonds. The quantitative estimate of drug-likeness (QED) is 0.817. The number of halogens is 1. The van der Waals surface area contributed by atoms with Crippen molar-refractivity contribution in [3.8, 4) is 5.75 Å². The van der Waals surface area contributed by atoms with Crippen LogP contribution in [0.5, 0.6) is 5.75 Å². The van der Waals surface area contributed by atoms with Gasteiger partial charge in [-0.3, -0.25) is 4.79 Å². The number of likely N-dealkylation sites (N-methyl/N-ethyl adjacent to an activating group) is 2. The van der Waals surface area contributed by atoms with Gasteiger partial charge < -0.3 is 15.0 Å². The molecule has 1 aromatic carbocycles. The molecule has 0 saturated heterocycles. The lowest BCUT2D eigenvalue weighted by Crippen LogP contribution is -3.12. The van der Waals surface area contributed by atoms with Crippen LogP contribution in [0.4, 0.5) is 0 Å². The molecular weight excluding hydrogens is 308 g/mol. The van der Waals surface area contributed by atoms with Crippen molar-refractivity contribution in [1.29, 1.82) is 0 Å². The lowest BCUT2D eigenvalue weighted by atomic mass is 10.1. The van der Waals surface area contributed by atoms with Crippen molar-refractivity contribution < 1.29 is 14.4 Å². The Labute approximate surface area is 123 Å². The van der Waals surface area contributed by atoms with E-state index in [-0.39, 0.29) is 11.9 Å². The van der Waals surface area contributed by atoms with Gasteiger partial charge in [0.25, 0.3) is 5.91 Å². The molecule has 1 rings (SSSR count). The van der Waals surface area contributed by atoms with Crippen molar-refractivity contribution in [2.24, 2.45) is 0 Å². The molecule has 2 N–H and O–H groups in total. The molecule has 0 aliphatic carbocycles. The minimum absolute atomic E-state index is 0.0777. The van der Waals surface area contributed by atoms with Gasteiger partial charge in [-0.2, -0.15) is 0 Å². The molecule has 1 aromatic rings. The Balaban J connectivity index is 2.78. The molecular formula is C14H22BrN2O2+. The van der Waals surface area contributed by atoms with Crippen LogP contribution >= 0.6 is 15.9 Å². The fraction of sp³-hybridized carbons (Fsp3) is 0.500. The van der Waals surface area contributed by atoms with Gasteiger partial charge in [-0.15, -0.1) is 0 Å². The molecule has 0 aliphatic rings. The summed E-state index contributed by atoms with van der Waals surface area (Å²) < 4.78 is 6.37. The standard InChI is InChI=1S/C14H21BrN2O2/c1-5-16-14(18)10(2)17(3)9-11-8-12(15)6-7-13(11)19-4/h6-8,10H,5,9H2,1-4H3,(H,16,18)/p+1/t10-/m0/s1. The van der Waals surface area contributed by atoms with Crippen LogP contribution in [0.25, 0.3) is 0 Å². The minimum atomic E-state index is -0.0939. The van der Waals surface area contributed by atoms with E-state index in [4.69, 9.17) is 4.74 Å².